The average molecular weight is 270 g/mol. The van der Waals surface area contributed by atoms with Crippen LogP contribution in [0.15, 0.2) is 30.3 Å². The molecule has 1 fully saturated rings. The molecule has 0 aromatic heterocycles. The number of hydrogen-bond acceptors (Lipinski definition) is 0. The van der Waals surface area contributed by atoms with Crippen LogP contribution < -0.4 is 0 Å². The first-order valence-corrected chi connectivity index (χ1v) is 8.34. The molecule has 0 radical (unpaired) electrons. The van der Waals surface area contributed by atoms with Crippen LogP contribution in [0.2, 0.25) is 12.6 Å². The topological polar surface area (TPSA) is 0 Å². The van der Waals surface area contributed by atoms with E-state index in [1.165, 1.54) is 37.4 Å². The van der Waals surface area contributed by atoms with Crippen molar-refractivity contribution < 1.29 is 0 Å². The smallest absolute Gasteiger partial charge is 0.0736 e. The van der Waals surface area contributed by atoms with Gasteiger partial charge in [0, 0.05) is 0 Å². The molecule has 1 aliphatic heterocycles. The molecule has 110 valence electrons. The number of benzene rings is 1. The van der Waals surface area contributed by atoms with Crippen molar-refractivity contribution >= 4 is 6.71 Å². The van der Waals surface area contributed by atoms with Gasteiger partial charge in [-0.25, -0.2) is 0 Å². The van der Waals surface area contributed by atoms with E-state index < -0.39 is 0 Å². The van der Waals surface area contributed by atoms with Gasteiger partial charge in [-0.1, -0.05) is 96.0 Å². The summed E-state index contributed by atoms with van der Waals surface area (Å²) < 4.78 is 0. The van der Waals surface area contributed by atoms with Gasteiger partial charge < -0.3 is 0 Å². The van der Waals surface area contributed by atoms with E-state index in [4.69, 9.17) is 0 Å². The van der Waals surface area contributed by atoms with Crippen LogP contribution in [0.5, 0.6) is 0 Å². The molecular formula is C19H31B. The van der Waals surface area contributed by atoms with Crippen LogP contribution in [0.1, 0.15) is 53.0 Å². The predicted molar refractivity (Wildman–Crippen MR) is 91.5 cm³/mol. The Kier molecular flexibility index (Phi) is 4.67. The Hall–Kier alpha value is -0.715. The zero-order chi connectivity index (χ0) is 14.8. The molecule has 0 saturated carbocycles. The molecule has 0 spiro atoms. The molecule has 2 rings (SSSR count). The summed E-state index contributed by atoms with van der Waals surface area (Å²) in [5.74, 6) is 0.898. The maximum Gasteiger partial charge on any atom is 0.144 e. The maximum atomic E-state index is 2.48. The van der Waals surface area contributed by atoms with Crippen LogP contribution in [-0.2, 0) is 6.32 Å². The highest BCUT2D eigenvalue weighted by molar-refractivity contribution is 6.58. The Morgan fingerprint density at radius 1 is 0.950 bits per heavy atom. The van der Waals surface area contributed by atoms with Crippen molar-refractivity contribution in [2.45, 2.75) is 66.4 Å². The van der Waals surface area contributed by atoms with E-state index >= 15 is 0 Å². The van der Waals surface area contributed by atoms with Gasteiger partial charge in [0.1, 0.15) is 6.71 Å². The second-order valence-electron chi connectivity index (χ2n) is 8.38. The highest BCUT2D eigenvalue weighted by atomic mass is 14.4. The summed E-state index contributed by atoms with van der Waals surface area (Å²) in [7, 11) is 0. The summed E-state index contributed by atoms with van der Waals surface area (Å²) in [6.07, 6.45) is 6.95. The van der Waals surface area contributed by atoms with Crippen LogP contribution >= 0.6 is 0 Å². The van der Waals surface area contributed by atoms with Crippen molar-refractivity contribution in [1.82, 2.24) is 0 Å². The van der Waals surface area contributed by atoms with E-state index in [2.05, 4.69) is 65.0 Å². The normalized spacial score (nSPS) is 18.4. The van der Waals surface area contributed by atoms with E-state index in [1.54, 1.807) is 0 Å². The Labute approximate surface area is 126 Å². The Morgan fingerprint density at radius 2 is 1.50 bits per heavy atom. The van der Waals surface area contributed by atoms with Gasteiger partial charge in [-0.05, 0) is 23.1 Å². The van der Waals surface area contributed by atoms with E-state index in [0.717, 1.165) is 12.6 Å². The minimum absolute atomic E-state index is 0.407. The van der Waals surface area contributed by atoms with Crippen LogP contribution in [0.4, 0.5) is 0 Å². The van der Waals surface area contributed by atoms with Gasteiger partial charge in [-0.2, -0.15) is 0 Å². The summed E-state index contributed by atoms with van der Waals surface area (Å²) in [4.78, 5) is 0. The molecule has 1 heteroatoms. The van der Waals surface area contributed by atoms with Crippen LogP contribution in [-0.4, -0.2) is 6.71 Å². The van der Waals surface area contributed by atoms with Gasteiger partial charge in [0.05, 0.1) is 0 Å². The summed E-state index contributed by atoms with van der Waals surface area (Å²) in [5.41, 5.74) is 2.38. The lowest BCUT2D eigenvalue weighted by Gasteiger charge is -2.47. The first-order valence-electron chi connectivity index (χ1n) is 8.34. The lowest BCUT2D eigenvalue weighted by atomic mass is 9.36. The molecule has 1 aromatic carbocycles. The highest BCUT2D eigenvalue weighted by Crippen LogP contribution is 2.49. The molecule has 0 bridgehead atoms. The quantitative estimate of drug-likeness (QED) is 0.614. The van der Waals surface area contributed by atoms with E-state index in [-0.39, 0.29) is 0 Å². The molecule has 0 atom stereocenters. The third-order valence-corrected chi connectivity index (χ3v) is 6.17. The molecule has 1 saturated heterocycles. The van der Waals surface area contributed by atoms with Crippen molar-refractivity contribution in [1.29, 1.82) is 0 Å². The summed E-state index contributed by atoms with van der Waals surface area (Å²) in [6, 6.07) is 11.0. The predicted octanol–water partition coefficient (Wildman–Crippen LogP) is 5.75. The third-order valence-electron chi connectivity index (χ3n) is 6.17. The second-order valence-corrected chi connectivity index (χ2v) is 8.38. The molecular weight excluding hydrogens is 239 g/mol. The molecule has 0 amide bonds. The zero-order valence-electron chi connectivity index (χ0n) is 14.1. The second kappa shape index (κ2) is 5.96. The van der Waals surface area contributed by atoms with Crippen molar-refractivity contribution in [3.05, 3.63) is 35.9 Å². The van der Waals surface area contributed by atoms with Gasteiger partial charge in [0.15, 0.2) is 0 Å². The fraction of sp³-hybridized carbons (Fsp3) is 0.684. The SMILES string of the molecule is CC(C)(C)C(C)(C)C1CCB(Cc2ccccc2)CC1. The first-order chi connectivity index (χ1) is 9.30. The first kappa shape index (κ1) is 15.7. The third kappa shape index (κ3) is 3.48. The Morgan fingerprint density at radius 3 is 2.00 bits per heavy atom. The molecule has 1 heterocycles. The zero-order valence-corrected chi connectivity index (χ0v) is 14.1. The molecule has 1 aliphatic rings. The Balaban J connectivity index is 1.90. The average Bonchev–Trinajstić information content (AvgIpc) is 2.39. The molecule has 0 unspecified atom stereocenters. The van der Waals surface area contributed by atoms with E-state index in [0.29, 0.717) is 10.8 Å². The molecule has 0 aliphatic carbocycles. The lowest BCUT2D eigenvalue weighted by molar-refractivity contribution is 0.0469. The van der Waals surface area contributed by atoms with Gasteiger partial charge in [0.25, 0.3) is 0 Å². The van der Waals surface area contributed by atoms with Gasteiger partial charge in [-0.15, -0.1) is 0 Å². The summed E-state index contributed by atoms with van der Waals surface area (Å²) >= 11 is 0. The van der Waals surface area contributed by atoms with Gasteiger partial charge >= 0.3 is 0 Å². The van der Waals surface area contributed by atoms with E-state index in [9.17, 15) is 0 Å². The summed E-state index contributed by atoms with van der Waals surface area (Å²) in [5, 5.41) is 0. The number of hydrogen-bond donors (Lipinski definition) is 0. The fourth-order valence-electron chi connectivity index (χ4n) is 3.65. The van der Waals surface area contributed by atoms with Crippen molar-refractivity contribution in [3.63, 3.8) is 0 Å². The van der Waals surface area contributed by atoms with Gasteiger partial charge in [0.2, 0.25) is 0 Å². The Bertz CT molecular complexity index is 405. The minimum Gasteiger partial charge on any atom is -0.0736 e. The monoisotopic (exact) mass is 270 g/mol. The molecule has 20 heavy (non-hydrogen) atoms. The highest BCUT2D eigenvalue weighted by Gasteiger charge is 2.41. The lowest BCUT2D eigenvalue weighted by Crippen LogP contribution is -2.40. The van der Waals surface area contributed by atoms with Crippen LogP contribution in [0.25, 0.3) is 0 Å². The molecule has 1 aromatic rings. The van der Waals surface area contributed by atoms with Crippen LogP contribution in [0.3, 0.4) is 0 Å². The van der Waals surface area contributed by atoms with Gasteiger partial charge in [-0.3, -0.25) is 0 Å². The maximum absolute atomic E-state index is 2.48. The minimum atomic E-state index is 0.407. The molecule has 0 N–H and O–H groups in total. The van der Waals surface area contributed by atoms with Crippen molar-refractivity contribution in [2.24, 2.45) is 16.7 Å². The summed E-state index contributed by atoms with van der Waals surface area (Å²) in [6.45, 7) is 13.1. The largest absolute Gasteiger partial charge is 0.144 e. The molecule has 0 nitrogen and oxygen atoms in total. The standard InChI is InChI=1S/C19H31B/c1-18(2,3)19(4,5)17-11-13-20(14-12-17)15-16-9-7-6-8-10-16/h6-10,17H,11-15H2,1-5H3. The fourth-order valence-corrected chi connectivity index (χ4v) is 3.65. The van der Waals surface area contributed by atoms with Crippen LogP contribution in [0, 0.1) is 16.7 Å². The van der Waals surface area contributed by atoms with Crippen molar-refractivity contribution in [2.75, 3.05) is 0 Å². The van der Waals surface area contributed by atoms with E-state index in [1.807, 2.05) is 0 Å². The van der Waals surface area contributed by atoms with Crippen molar-refractivity contribution in [3.8, 4) is 0 Å². The number of rotatable bonds is 3.